The van der Waals surface area contributed by atoms with Crippen LogP contribution in [0.25, 0.3) is 10.6 Å². The van der Waals surface area contributed by atoms with Gasteiger partial charge < -0.3 is 4.98 Å². The number of hydrogen-bond donors (Lipinski definition) is 1. The van der Waals surface area contributed by atoms with E-state index in [-0.39, 0.29) is 0 Å². The minimum Gasteiger partial charge on any atom is -0.367 e. The zero-order valence-corrected chi connectivity index (χ0v) is 7.64. The van der Waals surface area contributed by atoms with Gasteiger partial charge in [-0.1, -0.05) is 0 Å². The molecule has 0 atom stereocenters. The van der Waals surface area contributed by atoms with Crippen LogP contribution < -0.4 is 0 Å². The van der Waals surface area contributed by atoms with Gasteiger partial charge in [0.2, 0.25) is 0 Å². The predicted octanol–water partition coefficient (Wildman–Crippen LogP) is 2.20. The van der Waals surface area contributed by atoms with Gasteiger partial charge >= 0.3 is 0 Å². The highest BCUT2D eigenvalue weighted by Gasteiger charge is 2.03. The molecule has 0 aliphatic heterocycles. The first kappa shape index (κ1) is 8.02. The van der Waals surface area contributed by atoms with Crippen LogP contribution in [0.15, 0.2) is 23.8 Å². The number of nitrogens with zero attached hydrogens (tertiary/aromatic N) is 2. The Morgan fingerprint density at radius 1 is 1.62 bits per heavy atom. The van der Waals surface area contributed by atoms with Crippen molar-refractivity contribution in [1.29, 1.82) is 5.26 Å². The smallest absolute Gasteiger partial charge is 0.125 e. The van der Waals surface area contributed by atoms with Gasteiger partial charge in [0.05, 0.1) is 18.2 Å². The number of hydrogen-bond acceptors (Lipinski definition) is 3. The quantitative estimate of drug-likeness (QED) is 0.787. The van der Waals surface area contributed by atoms with Gasteiger partial charge in [-0.3, -0.25) is 0 Å². The number of rotatable bonds is 2. The maximum absolute atomic E-state index is 8.47. The molecule has 0 spiro atoms. The highest BCUT2D eigenvalue weighted by Crippen LogP contribution is 2.22. The van der Waals surface area contributed by atoms with Gasteiger partial charge in [-0.15, -0.1) is 11.3 Å². The molecule has 3 nitrogen and oxygen atoms in total. The molecule has 0 saturated heterocycles. The average molecular weight is 189 g/mol. The first-order valence-electron chi connectivity index (χ1n) is 3.84. The monoisotopic (exact) mass is 189 g/mol. The van der Waals surface area contributed by atoms with Gasteiger partial charge in [0, 0.05) is 23.3 Å². The fraction of sp³-hybridized carbons (Fsp3) is 0.111. The molecule has 0 aromatic carbocycles. The number of thiazole rings is 1. The minimum absolute atomic E-state index is 0.390. The Bertz CT molecular complexity index is 422. The number of H-pyrrole nitrogens is 1. The van der Waals surface area contributed by atoms with Crippen molar-refractivity contribution in [3.8, 4) is 16.6 Å². The van der Waals surface area contributed by atoms with E-state index < -0.39 is 0 Å². The summed E-state index contributed by atoms with van der Waals surface area (Å²) < 4.78 is 0. The maximum atomic E-state index is 8.47. The predicted molar refractivity (Wildman–Crippen MR) is 51.2 cm³/mol. The van der Waals surface area contributed by atoms with Crippen molar-refractivity contribution in [2.75, 3.05) is 0 Å². The molecule has 2 aromatic rings. The third kappa shape index (κ3) is 1.60. The highest BCUT2D eigenvalue weighted by molar-refractivity contribution is 7.13. The van der Waals surface area contributed by atoms with Gasteiger partial charge in [-0.25, -0.2) is 4.98 Å². The zero-order chi connectivity index (χ0) is 9.10. The van der Waals surface area contributed by atoms with Crippen LogP contribution in [-0.2, 0) is 6.42 Å². The van der Waals surface area contributed by atoms with E-state index in [0.29, 0.717) is 6.42 Å². The summed E-state index contributed by atoms with van der Waals surface area (Å²) in [5.74, 6) is 0. The van der Waals surface area contributed by atoms with Crippen molar-refractivity contribution in [3.05, 3.63) is 29.5 Å². The highest BCUT2D eigenvalue weighted by atomic mass is 32.1. The molecule has 0 aliphatic carbocycles. The average Bonchev–Trinajstić information content (AvgIpc) is 2.70. The number of nitrogens with one attached hydrogen (secondary N) is 1. The van der Waals surface area contributed by atoms with Gasteiger partial charge in [-0.05, 0) is 6.07 Å². The standard InChI is InChI=1S/C9H7N3S/c10-3-1-8-6-13-9(12-8)7-2-4-11-5-7/h2,4-6,11H,1H2. The zero-order valence-electron chi connectivity index (χ0n) is 6.82. The molecule has 0 fully saturated rings. The maximum Gasteiger partial charge on any atom is 0.125 e. The SMILES string of the molecule is N#CCc1csc(-c2cc[nH]c2)n1. The summed E-state index contributed by atoms with van der Waals surface area (Å²) >= 11 is 1.56. The molecule has 0 radical (unpaired) electrons. The lowest BCUT2D eigenvalue weighted by atomic mass is 10.3. The summed E-state index contributed by atoms with van der Waals surface area (Å²) in [7, 11) is 0. The molecular formula is C9H7N3S. The summed E-state index contributed by atoms with van der Waals surface area (Å²) in [6.07, 6.45) is 4.15. The first-order valence-corrected chi connectivity index (χ1v) is 4.72. The molecule has 0 saturated carbocycles. The van der Waals surface area contributed by atoms with Gasteiger partial charge in [-0.2, -0.15) is 5.26 Å². The van der Waals surface area contributed by atoms with E-state index in [1.807, 2.05) is 23.8 Å². The van der Waals surface area contributed by atoms with E-state index in [2.05, 4.69) is 16.0 Å². The summed E-state index contributed by atoms with van der Waals surface area (Å²) in [4.78, 5) is 7.29. The summed E-state index contributed by atoms with van der Waals surface area (Å²) in [5.41, 5.74) is 1.93. The van der Waals surface area contributed by atoms with Crippen LogP contribution in [0.5, 0.6) is 0 Å². The Labute approximate surface area is 79.7 Å². The Morgan fingerprint density at radius 3 is 3.23 bits per heavy atom. The van der Waals surface area contributed by atoms with Crippen LogP contribution in [0, 0.1) is 11.3 Å². The normalized spacial score (nSPS) is 9.77. The third-order valence-electron chi connectivity index (χ3n) is 1.66. The van der Waals surface area contributed by atoms with Crippen molar-refractivity contribution in [2.24, 2.45) is 0 Å². The van der Waals surface area contributed by atoms with E-state index in [0.717, 1.165) is 16.3 Å². The molecule has 0 bridgehead atoms. The molecule has 0 unspecified atom stereocenters. The van der Waals surface area contributed by atoms with Gasteiger partial charge in [0.1, 0.15) is 5.01 Å². The molecule has 0 amide bonds. The summed E-state index contributed by atoms with van der Waals surface area (Å²) in [6, 6.07) is 4.05. The number of aromatic amines is 1. The van der Waals surface area contributed by atoms with Crippen molar-refractivity contribution in [2.45, 2.75) is 6.42 Å². The number of aromatic nitrogens is 2. The van der Waals surface area contributed by atoms with Crippen LogP contribution in [-0.4, -0.2) is 9.97 Å². The second kappa shape index (κ2) is 3.42. The van der Waals surface area contributed by atoms with E-state index in [1.54, 1.807) is 11.3 Å². The Kier molecular flexibility index (Phi) is 2.11. The van der Waals surface area contributed by atoms with Crippen molar-refractivity contribution < 1.29 is 0 Å². The fourth-order valence-electron chi connectivity index (χ4n) is 1.06. The topological polar surface area (TPSA) is 52.5 Å². The lowest BCUT2D eigenvalue weighted by Gasteiger charge is -1.86. The Hall–Kier alpha value is -1.60. The van der Waals surface area contributed by atoms with Crippen LogP contribution in [0.1, 0.15) is 5.69 Å². The Balaban J connectivity index is 2.29. The molecule has 1 N–H and O–H groups in total. The molecule has 4 heteroatoms. The summed E-state index contributed by atoms with van der Waals surface area (Å²) in [6.45, 7) is 0. The van der Waals surface area contributed by atoms with Crippen LogP contribution >= 0.6 is 11.3 Å². The van der Waals surface area contributed by atoms with E-state index >= 15 is 0 Å². The third-order valence-corrected chi connectivity index (χ3v) is 2.60. The molecule has 2 aromatic heterocycles. The minimum atomic E-state index is 0.390. The second-order valence-electron chi connectivity index (χ2n) is 2.58. The molecule has 2 heterocycles. The van der Waals surface area contributed by atoms with Crippen molar-refractivity contribution >= 4 is 11.3 Å². The van der Waals surface area contributed by atoms with Crippen LogP contribution in [0.2, 0.25) is 0 Å². The van der Waals surface area contributed by atoms with Gasteiger partial charge in [0.15, 0.2) is 0 Å². The van der Waals surface area contributed by atoms with E-state index in [1.165, 1.54) is 0 Å². The second-order valence-corrected chi connectivity index (χ2v) is 3.44. The molecule has 2 rings (SSSR count). The molecule has 64 valence electrons. The largest absolute Gasteiger partial charge is 0.367 e. The van der Waals surface area contributed by atoms with Gasteiger partial charge in [0.25, 0.3) is 0 Å². The number of nitriles is 1. The molecule has 0 aliphatic rings. The van der Waals surface area contributed by atoms with Crippen molar-refractivity contribution in [3.63, 3.8) is 0 Å². The Morgan fingerprint density at radius 2 is 2.54 bits per heavy atom. The summed E-state index contributed by atoms with van der Waals surface area (Å²) in [5, 5.41) is 11.4. The first-order chi connectivity index (χ1) is 6.40. The fourth-order valence-corrected chi connectivity index (χ4v) is 1.88. The van der Waals surface area contributed by atoms with E-state index in [4.69, 9.17) is 5.26 Å². The molecular weight excluding hydrogens is 182 g/mol. The lowest BCUT2D eigenvalue weighted by Crippen LogP contribution is -1.80. The van der Waals surface area contributed by atoms with Crippen LogP contribution in [0.4, 0.5) is 0 Å². The lowest BCUT2D eigenvalue weighted by molar-refractivity contribution is 1.16. The van der Waals surface area contributed by atoms with E-state index in [9.17, 15) is 0 Å². The van der Waals surface area contributed by atoms with Crippen molar-refractivity contribution in [1.82, 2.24) is 9.97 Å². The molecule has 13 heavy (non-hydrogen) atoms. The van der Waals surface area contributed by atoms with Crippen LogP contribution in [0.3, 0.4) is 0 Å².